The minimum absolute atomic E-state index is 0.0719. The summed E-state index contributed by atoms with van der Waals surface area (Å²) in [5.41, 5.74) is 0. The largest absolute Gasteiger partial charge is 0.394 e. The van der Waals surface area contributed by atoms with Gasteiger partial charge >= 0.3 is 0 Å². The molecule has 0 heterocycles. The lowest BCUT2D eigenvalue weighted by Crippen LogP contribution is -2.45. The summed E-state index contributed by atoms with van der Waals surface area (Å²) in [5, 5.41) is 23.1. The van der Waals surface area contributed by atoms with Gasteiger partial charge in [0.1, 0.15) is 0 Å². The van der Waals surface area contributed by atoms with Gasteiger partial charge in [0, 0.05) is 6.42 Å². The molecule has 0 aromatic heterocycles. The Hall–Kier alpha value is -1.39. The molecule has 0 rings (SSSR count). The summed E-state index contributed by atoms with van der Waals surface area (Å²) in [6, 6.07) is -0.644. The molecule has 1 amide bonds. The second-order valence-corrected chi connectivity index (χ2v) is 19.7. The molecule has 0 aliphatic carbocycles. The van der Waals surface area contributed by atoms with Crippen molar-refractivity contribution in [2.45, 2.75) is 328 Å². The summed E-state index contributed by atoms with van der Waals surface area (Å²) < 4.78 is 0. The molecule has 2 unspecified atom stereocenters. The lowest BCUT2D eigenvalue weighted by molar-refractivity contribution is -0.123. The number of hydrogen-bond donors (Lipinski definition) is 3. The number of amides is 1. The van der Waals surface area contributed by atoms with Crippen LogP contribution >= 0.6 is 0 Å². The molecular formula is C59H113NO3. The van der Waals surface area contributed by atoms with Crippen LogP contribution in [0, 0.1) is 0 Å². The van der Waals surface area contributed by atoms with Crippen LogP contribution in [-0.4, -0.2) is 34.9 Å². The fourth-order valence-corrected chi connectivity index (χ4v) is 8.98. The lowest BCUT2D eigenvalue weighted by atomic mass is 10.0. The Morgan fingerprint density at radius 2 is 0.619 bits per heavy atom. The molecule has 0 fully saturated rings. The molecule has 0 radical (unpaired) electrons. The van der Waals surface area contributed by atoms with E-state index in [4.69, 9.17) is 0 Å². The van der Waals surface area contributed by atoms with Crippen LogP contribution < -0.4 is 5.32 Å². The summed E-state index contributed by atoms with van der Waals surface area (Å²) in [4.78, 5) is 12.5. The van der Waals surface area contributed by atoms with Crippen LogP contribution in [0.4, 0.5) is 0 Å². The number of hydrogen-bond acceptors (Lipinski definition) is 3. The maximum Gasteiger partial charge on any atom is 0.220 e. The zero-order chi connectivity index (χ0) is 45.6. The van der Waals surface area contributed by atoms with E-state index in [1.54, 1.807) is 6.08 Å². The average molecular weight is 885 g/mol. The smallest absolute Gasteiger partial charge is 0.220 e. The number of aliphatic hydroxyl groups is 2. The molecule has 3 N–H and O–H groups in total. The number of allylic oxidation sites excluding steroid dienone is 5. The molecular weight excluding hydrogens is 771 g/mol. The topological polar surface area (TPSA) is 69.6 Å². The Balaban J connectivity index is 3.48. The van der Waals surface area contributed by atoms with Gasteiger partial charge in [-0.1, -0.05) is 301 Å². The summed E-state index contributed by atoms with van der Waals surface area (Å²) in [5.74, 6) is -0.0719. The van der Waals surface area contributed by atoms with Gasteiger partial charge in [-0.15, -0.1) is 0 Å². The summed E-state index contributed by atoms with van der Waals surface area (Å²) in [6.07, 6.45) is 74.6. The van der Waals surface area contributed by atoms with Crippen LogP contribution in [0.2, 0.25) is 0 Å². The maximum atomic E-state index is 12.5. The Morgan fingerprint density at radius 1 is 0.365 bits per heavy atom. The Labute approximate surface area is 395 Å². The maximum absolute atomic E-state index is 12.5. The standard InChI is InChI=1S/C59H113NO3/c1-3-5-7-9-11-13-15-17-19-21-23-25-26-27-28-29-30-31-32-33-34-35-37-39-41-43-45-47-49-51-53-55-59(63)60-57(56-61)58(62)54-52-50-48-46-44-42-40-38-36-24-22-20-18-16-14-12-10-8-6-4-2/h36,38,44,46,52,54,57-58,61-62H,3-35,37,39-43,45,47-51,53,55-56H2,1-2H3,(H,60,63)/b38-36+,46-44+,54-52+. The van der Waals surface area contributed by atoms with E-state index in [0.29, 0.717) is 6.42 Å². The molecule has 0 saturated heterocycles. The number of unbranched alkanes of at least 4 members (excludes halogenated alkanes) is 42. The van der Waals surface area contributed by atoms with E-state index in [-0.39, 0.29) is 12.5 Å². The first-order chi connectivity index (χ1) is 31.2. The highest BCUT2D eigenvalue weighted by molar-refractivity contribution is 5.76. The van der Waals surface area contributed by atoms with Crippen molar-refractivity contribution in [3.05, 3.63) is 36.5 Å². The predicted molar refractivity (Wildman–Crippen MR) is 281 cm³/mol. The summed E-state index contributed by atoms with van der Waals surface area (Å²) in [6.45, 7) is 4.32. The van der Waals surface area contributed by atoms with E-state index in [0.717, 1.165) is 38.5 Å². The van der Waals surface area contributed by atoms with Crippen molar-refractivity contribution in [3.63, 3.8) is 0 Å². The van der Waals surface area contributed by atoms with Crippen molar-refractivity contribution in [1.82, 2.24) is 5.32 Å². The molecule has 372 valence electrons. The molecule has 63 heavy (non-hydrogen) atoms. The lowest BCUT2D eigenvalue weighted by Gasteiger charge is -2.19. The first kappa shape index (κ1) is 61.6. The molecule has 0 aromatic rings. The highest BCUT2D eigenvalue weighted by Crippen LogP contribution is 2.18. The Bertz CT molecular complexity index is 958. The summed E-state index contributed by atoms with van der Waals surface area (Å²) >= 11 is 0. The molecule has 0 saturated carbocycles. The molecule has 2 atom stereocenters. The molecule has 4 nitrogen and oxygen atoms in total. The van der Waals surface area contributed by atoms with Crippen molar-refractivity contribution in [2.24, 2.45) is 0 Å². The van der Waals surface area contributed by atoms with Gasteiger partial charge in [-0.2, -0.15) is 0 Å². The van der Waals surface area contributed by atoms with Crippen LogP contribution in [-0.2, 0) is 4.79 Å². The van der Waals surface area contributed by atoms with Gasteiger partial charge in [-0.3, -0.25) is 4.79 Å². The van der Waals surface area contributed by atoms with Crippen LogP contribution in [0.1, 0.15) is 316 Å². The monoisotopic (exact) mass is 884 g/mol. The van der Waals surface area contributed by atoms with Crippen LogP contribution in [0.5, 0.6) is 0 Å². The third-order valence-corrected chi connectivity index (χ3v) is 13.4. The third kappa shape index (κ3) is 51.5. The van der Waals surface area contributed by atoms with Crippen molar-refractivity contribution in [3.8, 4) is 0 Å². The first-order valence-corrected chi connectivity index (χ1v) is 28.7. The van der Waals surface area contributed by atoms with Gasteiger partial charge in [0.2, 0.25) is 5.91 Å². The molecule has 0 aromatic carbocycles. The Kier molecular flexibility index (Phi) is 53.7. The van der Waals surface area contributed by atoms with Gasteiger partial charge < -0.3 is 15.5 Å². The van der Waals surface area contributed by atoms with Gasteiger partial charge in [0.05, 0.1) is 18.8 Å². The number of carbonyl (C=O) groups excluding carboxylic acids is 1. The minimum atomic E-state index is -0.869. The van der Waals surface area contributed by atoms with E-state index in [9.17, 15) is 15.0 Å². The van der Waals surface area contributed by atoms with Crippen LogP contribution in [0.25, 0.3) is 0 Å². The fourth-order valence-electron chi connectivity index (χ4n) is 8.98. The van der Waals surface area contributed by atoms with E-state index in [2.05, 4.69) is 43.5 Å². The van der Waals surface area contributed by atoms with Crippen molar-refractivity contribution in [1.29, 1.82) is 0 Å². The van der Waals surface area contributed by atoms with Gasteiger partial charge in [-0.05, 0) is 44.9 Å². The minimum Gasteiger partial charge on any atom is -0.394 e. The molecule has 0 bridgehead atoms. The van der Waals surface area contributed by atoms with Gasteiger partial charge in [0.15, 0.2) is 0 Å². The highest BCUT2D eigenvalue weighted by Gasteiger charge is 2.18. The normalized spacial score (nSPS) is 13.0. The number of rotatable bonds is 53. The zero-order valence-corrected chi connectivity index (χ0v) is 42.9. The number of aliphatic hydroxyl groups excluding tert-OH is 2. The van der Waals surface area contributed by atoms with E-state index < -0.39 is 12.1 Å². The molecule has 0 spiro atoms. The Morgan fingerprint density at radius 3 is 0.921 bits per heavy atom. The average Bonchev–Trinajstić information content (AvgIpc) is 3.29. The second-order valence-electron chi connectivity index (χ2n) is 19.7. The van der Waals surface area contributed by atoms with Gasteiger partial charge in [0.25, 0.3) is 0 Å². The predicted octanol–water partition coefficient (Wildman–Crippen LogP) is 18.9. The SMILES string of the molecule is CCCCCCCCCCCC/C=C/CC/C=C/CC/C=C/C(O)C(CO)NC(=O)CCCCCCCCCCCCCCCCCCCCCCCCCCCCCCCCC. The van der Waals surface area contributed by atoms with Crippen molar-refractivity contribution < 1.29 is 15.0 Å². The zero-order valence-electron chi connectivity index (χ0n) is 42.9. The third-order valence-electron chi connectivity index (χ3n) is 13.4. The van der Waals surface area contributed by atoms with E-state index in [1.165, 1.54) is 257 Å². The molecule has 0 aliphatic heterocycles. The number of nitrogens with one attached hydrogen (secondary N) is 1. The van der Waals surface area contributed by atoms with Gasteiger partial charge in [-0.25, -0.2) is 0 Å². The highest BCUT2D eigenvalue weighted by atomic mass is 16.3. The van der Waals surface area contributed by atoms with Crippen LogP contribution in [0.15, 0.2) is 36.5 Å². The molecule has 0 aliphatic rings. The van der Waals surface area contributed by atoms with E-state index >= 15 is 0 Å². The van der Waals surface area contributed by atoms with Crippen molar-refractivity contribution >= 4 is 5.91 Å². The van der Waals surface area contributed by atoms with Crippen LogP contribution in [0.3, 0.4) is 0 Å². The fraction of sp³-hybridized carbons (Fsp3) is 0.881. The summed E-state index contributed by atoms with van der Waals surface area (Å²) in [7, 11) is 0. The molecule has 4 heteroatoms. The second kappa shape index (κ2) is 54.9. The first-order valence-electron chi connectivity index (χ1n) is 28.7. The van der Waals surface area contributed by atoms with E-state index in [1.807, 2.05) is 6.08 Å². The van der Waals surface area contributed by atoms with Crippen molar-refractivity contribution in [2.75, 3.05) is 6.61 Å². The quantitative estimate of drug-likeness (QED) is 0.0421. The number of carbonyl (C=O) groups is 1.